The molecule has 0 unspecified atom stereocenters. The zero-order valence-corrected chi connectivity index (χ0v) is 34.1. The lowest BCUT2D eigenvalue weighted by Crippen LogP contribution is -2.27. The van der Waals surface area contributed by atoms with Gasteiger partial charge in [0.05, 0.1) is 11.1 Å². The third-order valence-electron chi connectivity index (χ3n) is 10.3. The quantitative estimate of drug-likeness (QED) is 0.0411. The summed E-state index contributed by atoms with van der Waals surface area (Å²) in [6.45, 7) is 5.63. The van der Waals surface area contributed by atoms with Gasteiger partial charge in [0.2, 0.25) is 0 Å². The molecule has 0 aromatic heterocycles. The molecule has 52 heavy (non-hydrogen) atoms. The number of unbranched alkanes of at least 4 members (excludes halogenated alkanes) is 30. The molecule has 1 rings (SSSR count). The lowest BCUT2D eigenvalue weighted by molar-refractivity contribution is -0.164. The summed E-state index contributed by atoms with van der Waals surface area (Å²) in [6.07, 6.45) is 41.7. The second-order valence-electron chi connectivity index (χ2n) is 15.2. The molecule has 1 aromatic rings. The lowest BCUT2D eigenvalue weighted by atomic mass is 10.0. The third kappa shape index (κ3) is 29.5. The second kappa shape index (κ2) is 37.4. The van der Waals surface area contributed by atoms with E-state index >= 15 is 0 Å². The van der Waals surface area contributed by atoms with Crippen LogP contribution >= 0.6 is 0 Å². The zero-order chi connectivity index (χ0) is 37.6. The van der Waals surface area contributed by atoms with Gasteiger partial charge in [-0.1, -0.05) is 219 Å². The van der Waals surface area contributed by atoms with Crippen molar-refractivity contribution in [3.05, 3.63) is 35.4 Å². The Morgan fingerprint density at radius 3 is 1.06 bits per heavy atom. The first kappa shape index (κ1) is 48.1. The van der Waals surface area contributed by atoms with Gasteiger partial charge < -0.3 is 19.3 Å². The van der Waals surface area contributed by atoms with Gasteiger partial charge in [0.25, 0.3) is 0 Å². The SMILES string of the molecule is CCCCCCCCCCCCCCCCCCOC(COC(=O)c1ccccc1C(=O)O)OCCCCCCCCCCCCCCCCCC. The summed E-state index contributed by atoms with van der Waals surface area (Å²) in [5, 5.41) is 9.47. The Bertz CT molecular complexity index is 895. The molecule has 0 fully saturated rings. The largest absolute Gasteiger partial charge is 0.478 e. The number of carboxylic acids is 1. The van der Waals surface area contributed by atoms with Crippen LogP contribution in [0.5, 0.6) is 0 Å². The van der Waals surface area contributed by atoms with Crippen LogP contribution in [0.2, 0.25) is 0 Å². The molecule has 1 N–H and O–H groups in total. The summed E-state index contributed by atoms with van der Waals surface area (Å²) in [6, 6.07) is 6.14. The highest BCUT2D eigenvalue weighted by atomic mass is 16.7. The van der Waals surface area contributed by atoms with Crippen molar-refractivity contribution in [1.29, 1.82) is 0 Å². The molecule has 6 nitrogen and oxygen atoms in total. The van der Waals surface area contributed by atoms with Crippen molar-refractivity contribution < 1.29 is 28.9 Å². The number of ether oxygens (including phenoxy) is 3. The maximum Gasteiger partial charge on any atom is 0.339 e. The molecule has 1 aromatic carbocycles. The number of hydrogen-bond acceptors (Lipinski definition) is 5. The van der Waals surface area contributed by atoms with Gasteiger partial charge in [-0.25, -0.2) is 9.59 Å². The summed E-state index contributed by atoms with van der Waals surface area (Å²) in [5.74, 6) is -1.82. The Kier molecular flexibility index (Phi) is 34.6. The van der Waals surface area contributed by atoms with Crippen molar-refractivity contribution in [3.8, 4) is 0 Å². The Morgan fingerprint density at radius 1 is 0.462 bits per heavy atom. The number of esters is 1. The van der Waals surface area contributed by atoms with Crippen LogP contribution in [0, 0.1) is 0 Å². The van der Waals surface area contributed by atoms with E-state index in [4.69, 9.17) is 14.2 Å². The first-order valence-corrected chi connectivity index (χ1v) is 22.3. The van der Waals surface area contributed by atoms with E-state index in [2.05, 4.69) is 13.8 Å². The van der Waals surface area contributed by atoms with E-state index in [-0.39, 0.29) is 17.7 Å². The van der Waals surface area contributed by atoms with E-state index in [1.54, 1.807) is 12.1 Å². The Balaban J connectivity index is 2.19. The molecule has 6 heteroatoms. The molecule has 0 aliphatic rings. The van der Waals surface area contributed by atoms with Gasteiger partial charge in [-0.3, -0.25) is 0 Å². The molecule has 302 valence electrons. The van der Waals surface area contributed by atoms with Gasteiger partial charge >= 0.3 is 11.9 Å². The number of benzene rings is 1. The average molecular weight is 731 g/mol. The van der Waals surface area contributed by atoms with Gasteiger partial charge in [-0.2, -0.15) is 0 Å². The van der Waals surface area contributed by atoms with Crippen molar-refractivity contribution in [2.24, 2.45) is 0 Å². The molecule has 0 saturated heterocycles. The van der Waals surface area contributed by atoms with E-state index in [0.717, 1.165) is 25.7 Å². The molecule has 0 aliphatic heterocycles. The fourth-order valence-electron chi connectivity index (χ4n) is 6.94. The lowest BCUT2D eigenvalue weighted by Gasteiger charge is -2.19. The van der Waals surface area contributed by atoms with Crippen molar-refractivity contribution in [1.82, 2.24) is 0 Å². The molecule has 0 saturated carbocycles. The van der Waals surface area contributed by atoms with E-state index < -0.39 is 18.2 Å². The van der Waals surface area contributed by atoms with Gasteiger partial charge in [0, 0.05) is 13.2 Å². The summed E-state index contributed by atoms with van der Waals surface area (Å²) >= 11 is 0. The molecule has 0 spiro atoms. The fourth-order valence-corrected chi connectivity index (χ4v) is 6.94. The number of carbonyl (C=O) groups excluding carboxylic acids is 1. The predicted octanol–water partition coefficient (Wildman–Crippen LogP) is 14.4. The Morgan fingerprint density at radius 2 is 0.750 bits per heavy atom. The molecule has 0 aliphatic carbocycles. The summed E-state index contributed by atoms with van der Waals surface area (Å²) in [4.78, 5) is 24.3. The van der Waals surface area contributed by atoms with Crippen LogP contribution in [-0.2, 0) is 14.2 Å². The van der Waals surface area contributed by atoms with Crippen molar-refractivity contribution in [2.75, 3.05) is 19.8 Å². The molecule has 0 radical (unpaired) electrons. The normalized spacial score (nSPS) is 11.4. The van der Waals surface area contributed by atoms with Crippen LogP contribution < -0.4 is 0 Å². The summed E-state index contributed by atoms with van der Waals surface area (Å²) < 4.78 is 17.6. The molecule has 0 amide bonds. The van der Waals surface area contributed by atoms with Gasteiger partial charge in [0.1, 0.15) is 6.61 Å². The minimum atomic E-state index is -1.15. The van der Waals surface area contributed by atoms with Crippen LogP contribution in [0.25, 0.3) is 0 Å². The highest BCUT2D eigenvalue weighted by Gasteiger charge is 2.19. The maximum atomic E-state index is 12.7. The maximum absolute atomic E-state index is 12.7. The molecule has 0 atom stereocenters. The number of rotatable bonds is 40. The van der Waals surface area contributed by atoms with Crippen LogP contribution in [0.1, 0.15) is 240 Å². The molecule has 0 bridgehead atoms. The predicted molar refractivity (Wildman–Crippen MR) is 218 cm³/mol. The first-order valence-electron chi connectivity index (χ1n) is 22.3. The standard InChI is InChI=1S/C46H82O6/c1-3-5-7-9-11-13-15-17-19-21-23-25-27-29-31-35-39-50-44(41-52-46(49)43-38-34-33-37-42(43)45(47)48)51-40-36-32-30-28-26-24-22-20-18-16-14-12-10-8-6-4-2/h33-34,37-38,44H,3-32,35-36,39-41H2,1-2H3,(H,47,48). The van der Waals surface area contributed by atoms with E-state index in [0.29, 0.717) is 13.2 Å². The van der Waals surface area contributed by atoms with Crippen LogP contribution in [0.15, 0.2) is 24.3 Å². The van der Waals surface area contributed by atoms with Crippen LogP contribution in [-0.4, -0.2) is 43.2 Å². The number of aromatic carboxylic acids is 1. The zero-order valence-electron chi connectivity index (χ0n) is 34.1. The van der Waals surface area contributed by atoms with Crippen molar-refractivity contribution in [2.45, 2.75) is 226 Å². The van der Waals surface area contributed by atoms with Crippen molar-refractivity contribution in [3.63, 3.8) is 0 Å². The molecular formula is C46H82O6. The highest BCUT2D eigenvalue weighted by molar-refractivity contribution is 6.02. The Hall–Kier alpha value is -1.92. The number of carboxylic acid groups (broad SMARTS) is 1. The van der Waals surface area contributed by atoms with E-state index in [9.17, 15) is 14.7 Å². The smallest absolute Gasteiger partial charge is 0.339 e. The monoisotopic (exact) mass is 731 g/mol. The minimum Gasteiger partial charge on any atom is -0.478 e. The Labute approximate surface area is 320 Å². The second-order valence-corrected chi connectivity index (χ2v) is 15.2. The molecular weight excluding hydrogens is 648 g/mol. The minimum absolute atomic E-state index is 0.0457. The summed E-state index contributed by atoms with van der Waals surface area (Å²) in [5.41, 5.74) is -0.0171. The van der Waals surface area contributed by atoms with Crippen molar-refractivity contribution >= 4 is 11.9 Å². The van der Waals surface area contributed by atoms with E-state index in [1.807, 2.05) is 0 Å². The highest BCUT2D eigenvalue weighted by Crippen LogP contribution is 2.17. The van der Waals surface area contributed by atoms with Gasteiger partial charge in [-0.15, -0.1) is 0 Å². The first-order chi connectivity index (χ1) is 25.6. The average Bonchev–Trinajstić information content (AvgIpc) is 3.15. The van der Waals surface area contributed by atoms with E-state index in [1.165, 1.54) is 192 Å². The van der Waals surface area contributed by atoms with Crippen LogP contribution in [0.3, 0.4) is 0 Å². The number of carbonyl (C=O) groups is 2. The van der Waals surface area contributed by atoms with Gasteiger partial charge in [0.15, 0.2) is 6.29 Å². The van der Waals surface area contributed by atoms with Crippen LogP contribution in [0.4, 0.5) is 0 Å². The molecule has 0 heterocycles. The third-order valence-corrected chi connectivity index (χ3v) is 10.3. The number of hydrogen-bond donors (Lipinski definition) is 1. The topological polar surface area (TPSA) is 82.1 Å². The summed E-state index contributed by atoms with van der Waals surface area (Å²) in [7, 11) is 0. The fraction of sp³-hybridized carbons (Fsp3) is 0.826. The van der Waals surface area contributed by atoms with Gasteiger partial charge in [-0.05, 0) is 25.0 Å².